The predicted molar refractivity (Wildman–Crippen MR) is 84.2 cm³/mol. The van der Waals surface area contributed by atoms with Crippen LogP contribution in [-0.2, 0) is 11.3 Å². The van der Waals surface area contributed by atoms with Gasteiger partial charge in [-0.2, -0.15) is 0 Å². The van der Waals surface area contributed by atoms with Gasteiger partial charge in [-0.3, -0.25) is 4.79 Å². The van der Waals surface area contributed by atoms with Crippen molar-refractivity contribution in [2.45, 2.75) is 27.3 Å². The van der Waals surface area contributed by atoms with Crippen molar-refractivity contribution in [1.82, 2.24) is 15.1 Å². The number of nitrogens with one attached hydrogen (secondary N) is 1. The molecule has 116 valence electrons. The van der Waals surface area contributed by atoms with E-state index in [4.69, 9.17) is 0 Å². The molecule has 0 saturated carbocycles. The largest absolute Gasteiger partial charge is 0.339 e. The third-order valence-corrected chi connectivity index (χ3v) is 4.37. The molecule has 0 aromatic carbocycles. The van der Waals surface area contributed by atoms with E-state index in [1.807, 2.05) is 43.2 Å². The average molecular weight is 309 g/mol. The van der Waals surface area contributed by atoms with Gasteiger partial charge < -0.3 is 15.1 Å². The van der Waals surface area contributed by atoms with E-state index in [1.165, 1.54) is 0 Å². The zero-order valence-electron chi connectivity index (χ0n) is 12.9. The molecule has 1 fully saturated rings. The van der Waals surface area contributed by atoms with Crippen LogP contribution < -0.4 is 5.32 Å². The molecule has 6 heteroatoms. The molecule has 0 unspecified atom stereocenters. The van der Waals surface area contributed by atoms with Gasteiger partial charge in [0.2, 0.25) is 5.91 Å². The topological polar surface area (TPSA) is 52.7 Å². The summed E-state index contributed by atoms with van der Waals surface area (Å²) >= 11 is 1.63. The normalized spacial score (nSPS) is 16.0. The number of nitrogens with zero attached hydrogens (tertiary/aromatic N) is 2. The first kappa shape index (κ1) is 15.8. The SMILES string of the molecule is CC(C)(C)C(=O)N1CCN(C(=O)NCc2cccs2)CC1. The van der Waals surface area contributed by atoms with E-state index in [-0.39, 0.29) is 17.4 Å². The first-order chi connectivity index (χ1) is 9.88. The number of rotatable bonds is 2. The van der Waals surface area contributed by atoms with E-state index in [9.17, 15) is 9.59 Å². The highest BCUT2D eigenvalue weighted by atomic mass is 32.1. The van der Waals surface area contributed by atoms with Crippen LogP contribution in [0.2, 0.25) is 0 Å². The number of thiophene rings is 1. The molecule has 1 N–H and O–H groups in total. The Bertz CT molecular complexity index is 486. The minimum Gasteiger partial charge on any atom is -0.339 e. The maximum atomic E-state index is 12.2. The maximum Gasteiger partial charge on any atom is 0.317 e. The van der Waals surface area contributed by atoms with Gasteiger partial charge in [0.05, 0.1) is 6.54 Å². The van der Waals surface area contributed by atoms with Crippen LogP contribution in [0.25, 0.3) is 0 Å². The van der Waals surface area contributed by atoms with E-state index < -0.39 is 0 Å². The summed E-state index contributed by atoms with van der Waals surface area (Å²) in [5, 5.41) is 4.92. The van der Waals surface area contributed by atoms with Gasteiger partial charge >= 0.3 is 6.03 Å². The highest BCUT2D eigenvalue weighted by molar-refractivity contribution is 7.09. The van der Waals surface area contributed by atoms with Crippen molar-refractivity contribution in [3.63, 3.8) is 0 Å². The van der Waals surface area contributed by atoms with Crippen molar-refractivity contribution in [1.29, 1.82) is 0 Å². The molecule has 1 aromatic heterocycles. The van der Waals surface area contributed by atoms with Gasteiger partial charge in [-0.1, -0.05) is 26.8 Å². The zero-order chi connectivity index (χ0) is 15.5. The van der Waals surface area contributed by atoms with Gasteiger partial charge in [0, 0.05) is 36.5 Å². The van der Waals surface area contributed by atoms with E-state index >= 15 is 0 Å². The number of hydrogen-bond acceptors (Lipinski definition) is 3. The third-order valence-electron chi connectivity index (χ3n) is 3.49. The molecule has 1 aliphatic rings. The summed E-state index contributed by atoms with van der Waals surface area (Å²) < 4.78 is 0. The predicted octanol–water partition coefficient (Wildman–Crippen LogP) is 2.15. The highest BCUT2D eigenvalue weighted by Gasteiger charge is 2.30. The summed E-state index contributed by atoms with van der Waals surface area (Å²) in [6.07, 6.45) is 0. The Hall–Kier alpha value is -1.56. The lowest BCUT2D eigenvalue weighted by molar-refractivity contribution is -0.140. The molecule has 3 amide bonds. The summed E-state index contributed by atoms with van der Waals surface area (Å²) in [6, 6.07) is 3.93. The monoisotopic (exact) mass is 309 g/mol. The molecule has 0 bridgehead atoms. The van der Waals surface area contributed by atoms with Crippen LogP contribution in [0.4, 0.5) is 4.79 Å². The average Bonchev–Trinajstić information content (AvgIpc) is 2.96. The Morgan fingerprint density at radius 1 is 1.19 bits per heavy atom. The van der Waals surface area contributed by atoms with Gasteiger partial charge in [-0.05, 0) is 11.4 Å². The number of carbonyl (C=O) groups excluding carboxylic acids is 2. The molecule has 1 aliphatic heterocycles. The number of piperazine rings is 1. The van der Waals surface area contributed by atoms with Crippen molar-refractivity contribution in [2.75, 3.05) is 26.2 Å². The van der Waals surface area contributed by atoms with Gasteiger partial charge in [0.25, 0.3) is 0 Å². The Kier molecular flexibility index (Phi) is 4.88. The minimum atomic E-state index is -0.358. The molecule has 2 rings (SSSR count). The molecule has 5 nitrogen and oxygen atoms in total. The van der Waals surface area contributed by atoms with Crippen LogP contribution in [-0.4, -0.2) is 47.9 Å². The van der Waals surface area contributed by atoms with E-state index in [0.29, 0.717) is 32.7 Å². The summed E-state index contributed by atoms with van der Waals surface area (Å²) in [5.74, 6) is 0.154. The summed E-state index contributed by atoms with van der Waals surface area (Å²) in [4.78, 5) is 29.0. The first-order valence-corrected chi connectivity index (χ1v) is 8.10. The summed E-state index contributed by atoms with van der Waals surface area (Å²) in [7, 11) is 0. The molecular formula is C15H23N3O2S. The summed E-state index contributed by atoms with van der Waals surface area (Å²) in [6.45, 7) is 8.76. The lowest BCUT2D eigenvalue weighted by Gasteiger charge is -2.37. The van der Waals surface area contributed by atoms with Crippen molar-refractivity contribution >= 4 is 23.3 Å². The molecule has 2 heterocycles. The van der Waals surface area contributed by atoms with E-state index in [2.05, 4.69) is 5.32 Å². The lowest BCUT2D eigenvalue weighted by Crippen LogP contribution is -2.54. The summed E-state index contributed by atoms with van der Waals surface area (Å²) in [5.41, 5.74) is -0.358. The van der Waals surface area contributed by atoms with Crippen molar-refractivity contribution in [3.05, 3.63) is 22.4 Å². The Balaban J connectivity index is 1.78. The first-order valence-electron chi connectivity index (χ1n) is 7.22. The number of urea groups is 1. The lowest BCUT2D eigenvalue weighted by atomic mass is 9.94. The van der Waals surface area contributed by atoms with Crippen LogP contribution >= 0.6 is 11.3 Å². The van der Waals surface area contributed by atoms with Gasteiger partial charge in [0.1, 0.15) is 0 Å². The van der Waals surface area contributed by atoms with Gasteiger partial charge in [-0.15, -0.1) is 11.3 Å². The number of hydrogen-bond donors (Lipinski definition) is 1. The second-order valence-corrected chi connectivity index (χ2v) is 7.30. The van der Waals surface area contributed by atoms with Crippen molar-refractivity contribution in [2.24, 2.45) is 5.41 Å². The van der Waals surface area contributed by atoms with E-state index in [0.717, 1.165) is 4.88 Å². The Labute approximate surface area is 129 Å². The quantitative estimate of drug-likeness (QED) is 0.910. The number of amides is 3. The molecule has 0 aliphatic carbocycles. The van der Waals surface area contributed by atoms with Gasteiger partial charge in [-0.25, -0.2) is 4.79 Å². The van der Waals surface area contributed by atoms with Crippen LogP contribution in [0.15, 0.2) is 17.5 Å². The van der Waals surface area contributed by atoms with Crippen LogP contribution in [0.1, 0.15) is 25.6 Å². The molecule has 0 radical (unpaired) electrons. The molecule has 21 heavy (non-hydrogen) atoms. The van der Waals surface area contributed by atoms with Crippen LogP contribution in [0, 0.1) is 5.41 Å². The highest BCUT2D eigenvalue weighted by Crippen LogP contribution is 2.18. The fraction of sp³-hybridized carbons (Fsp3) is 0.600. The van der Waals surface area contributed by atoms with Crippen LogP contribution in [0.3, 0.4) is 0 Å². The maximum absolute atomic E-state index is 12.2. The van der Waals surface area contributed by atoms with Crippen molar-refractivity contribution < 1.29 is 9.59 Å². The zero-order valence-corrected chi connectivity index (χ0v) is 13.7. The Morgan fingerprint density at radius 3 is 2.33 bits per heavy atom. The standard InChI is InChI=1S/C15H23N3O2S/c1-15(2,3)13(19)17-6-8-18(9-7-17)14(20)16-11-12-5-4-10-21-12/h4-5,10H,6-9,11H2,1-3H3,(H,16,20). The smallest absolute Gasteiger partial charge is 0.317 e. The minimum absolute atomic E-state index is 0.0498. The van der Waals surface area contributed by atoms with Crippen molar-refractivity contribution in [3.8, 4) is 0 Å². The second-order valence-electron chi connectivity index (χ2n) is 6.27. The van der Waals surface area contributed by atoms with E-state index in [1.54, 1.807) is 16.2 Å². The fourth-order valence-electron chi connectivity index (χ4n) is 2.27. The molecule has 0 atom stereocenters. The van der Waals surface area contributed by atoms with Gasteiger partial charge in [0.15, 0.2) is 0 Å². The third kappa shape index (κ3) is 4.20. The van der Waals surface area contributed by atoms with Crippen LogP contribution in [0.5, 0.6) is 0 Å². The molecule has 1 saturated heterocycles. The molecule has 1 aromatic rings. The molecular weight excluding hydrogens is 286 g/mol. The second kappa shape index (κ2) is 6.47. The molecule has 0 spiro atoms. The Morgan fingerprint density at radius 2 is 1.81 bits per heavy atom. The number of carbonyl (C=O) groups is 2. The fourth-order valence-corrected chi connectivity index (χ4v) is 2.92.